The Hall–Kier alpha value is -3.45. The van der Waals surface area contributed by atoms with E-state index in [4.69, 9.17) is 4.74 Å². The number of benzene rings is 2. The number of pyridine rings is 1. The second-order valence-electron chi connectivity index (χ2n) is 6.93. The summed E-state index contributed by atoms with van der Waals surface area (Å²) in [6, 6.07) is 12.3. The van der Waals surface area contributed by atoms with Gasteiger partial charge < -0.3 is 20.1 Å². The maximum absolute atomic E-state index is 13.1. The average Bonchev–Trinajstić information content (AvgIpc) is 2.74. The molecule has 0 spiro atoms. The molecule has 0 saturated carbocycles. The third-order valence-corrected chi connectivity index (χ3v) is 5.02. The number of morpholine rings is 1. The van der Waals surface area contributed by atoms with Crippen LogP contribution >= 0.6 is 0 Å². The van der Waals surface area contributed by atoms with Gasteiger partial charge in [-0.25, -0.2) is 9.78 Å². The van der Waals surface area contributed by atoms with Gasteiger partial charge in [0.25, 0.3) is 5.91 Å². The largest absolute Gasteiger partial charge is 0.478 e. The third-order valence-electron chi connectivity index (χ3n) is 5.02. The number of ether oxygens (including phenoxy) is 1. The normalized spacial score (nSPS) is 14.0. The van der Waals surface area contributed by atoms with Crippen molar-refractivity contribution in [3.8, 4) is 0 Å². The topological polar surface area (TPSA) is 91.8 Å². The minimum Gasteiger partial charge on any atom is -0.478 e. The number of aromatic nitrogens is 1. The summed E-state index contributed by atoms with van der Waals surface area (Å²) in [7, 11) is 0. The van der Waals surface area contributed by atoms with Crippen molar-refractivity contribution < 1.29 is 19.4 Å². The van der Waals surface area contributed by atoms with Gasteiger partial charge in [-0.2, -0.15) is 0 Å². The van der Waals surface area contributed by atoms with E-state index in [0.717, 1.165) is 16.3 Å². The number of aromatic carboxylic acids is 1. The number of hydrogen-bond acceptors (Lipinski definition) is 5. The molecule has 1 aliphatic heterocycles. The molecule has 3 aromatic rings. The zero-order chi connectivity index (χ0) is 20.4. The zero-order valence-corrected chi connectivity index (χ0v) is 16.0. The van der Waals surface area contributed by atoms with Crippen LogP contribution in [0.4, 0.5) is 11.5 Å². The molecular weight excluding hydrogens is 370 g/mol. The molecule has 0 unspecified atom stereocenters. The number of nitrogens with zero attached hydrogens (tertiary/aromatic N) is 2. The summed E-state index contributed by atoms with van der Waals surface area (Å²) in [5, 5.41) is 14.1. The Morgan fingerprint density at radius 3 is 2.66 bits per heavy atom. The van der Waals surface area contributed by atoms with E-state index in [0.29, 0.717) is 43.4 Å². The van der Waals surface area contributed by atoms with Crippen LogP contribution in [0.5, 0.6) is 0 Å². The first-order valence-electron chi connectivity index (χ1n) is 9.40. The molecular formula is C22H21N3O4. The van der Waals surface area contributed by atoms with Gasteiger partial charge in [0.2, 0.25) is 0 Å². The van der Waals surface area contributed by atoms with Gasteiger partial charge in [0.05, 0.1) is 24.3 Å². The van der Waals surface area contributed by atoms with Gasteiger partial charge in [0.1, 0.15) is 5.82 Å². The molecule has 1 aromatic heterocycles. The third kappa shape index (κ3) is 3.77. The zero-order valence-electron chi connectivity index (χ0n) is 16.0. The quantitative estimate of drug-likeness (QED) is 0.708. The highest BCUT2D eigenvalue weighted by atomic mass is 16.5. The highest BCUT2D eigenvalue weighted by molar-refractivity contribution is 6.10. The number of anilines is 2. The van der Waals surface area contributed by atoms with Crippen molar-refractivity contribution in [1.82, 2.24) is 9.88 Å². The summed E-state index contributed by atoms with van der Waals surface area (Å²) >= 11 is 0. The van der Waals surface area contributed by atoms with Crippen LogP contribution in [0.25, 0.3) is 10.8 Å². The first-order chi connectivity index (χ1) is 14.0. The molecule has 148 valence electrons. The van der Waals surface area contributed by atoms with Crippen molar-refractivity contribution in [3.05, 3.63) is 65.4 Å². The van der Waals surface area contributed by atoms with E-state index in [1.807, 2.05) is 25.1 Å². The average molecular weight is 391 g/mol. The molecule has 2 aromatic carbocycles. The number of rotatable bonds is 4. The first-order valence-corrected chi connectivity index (χ1v) is 9.40. The minimum absolute atomic E-state index is 0.0560. The van der Waals surface area contributed by atoms with Crippen LogP contribution in [-0.4, -0.2) is 53.2 Å². The second kappa shape index (κ2) is 7.89. The lowest BCUT2D eigenvalue weighted by molar-refractivity contribution is 0.0304. The lowest BCUT2D eigenvalue weighted by atomic mass is 10.0. The maximum atomic E-state index is 13.1. The predicted octanol–water partition coefficient (Wildman–Crippen LogP) is 3.46. The molecule has 7 heteroatoms. The predicted molar refractivity (Wildman–Crippen MR) is 110 cm³/mol. The van der Waals surface area contributed by atoms with Crippen LogP contribution in [0, 0.1) is 6.92 Å². The molecule has 4 rings (SSSR count). The fourth-order valence-corrected chi connectivity index (χ4v) is 3.55. The Kier molecular flexibility index (Phi) is 5.14. The lowest BCUT2D eigenvalue weighted by Gasteiger charge is -2.27. The van der Waals surface area contributed by atoms with Crippen LogP contribution in [0.3, 0.4) is 0 Å². The SMILES string of the molecule is Cc1cccc2c(Nc3cccc(C(=O)O)c3)ncc(C(=O)N3CCOCC3)c12. The fraction of sp³-hybridized carbons (Fsp3) is 0.227. The Labute approximate surface area is 167 Å². The molecule has 1 amide bonds. The van der Waals surface area contributed by atoms with Crippen molar-refractivity contribution in [1.29, 1.82) is 0 Å². The fourth-order valence-electron chi connectivity index (χ4n) is 3.55. The van der Waals surface area contributed by atoms with Crippen molar-refractivity contribution in [2.75, 3.05) is 31.6 Å². The molecule has 0 atom stereocenters. The van der Waals surface area contributed by atoms with Crippen molar-refractivity contribution in [2.24, 2.45) is 0 Å². The van der Waals surface area contributed by atoms with E-state index >= 15 is 0 Å². The van der Waals surface area contributed by atoms with Gasteiger partial charge in [-0.05, 0) is 30.7 Å². The second-order valence-corrected chi connectivity index (χ2v) is 6.93. The van der Waals surface area contributed by atoms with Crippen molar-refractivity contribution >= 4 is 34.2 Å². The highest BCUT2D eigenvalue weighted by Gasteiger charge is 2.22. The molecule has 1 saturated heterocycles. The van der Waals surface area contributed by atoms with Gasteiger partial charge >= 0.3 is 5.97 Å². The summed E-state index contributed by atoms with van der Waals surface area (Å²) in [4.78, 5) is 30.6. The van der Waals surface area contributed by atoms with Crippen LogP contribution in [0.15, 0.2) is 48.7 Å². The summed E-state index contributed by atoms with van der Waals surface area (Å²) in [6.07, 6.45) is 1.59. The Bertz CT molecular complexity index is 1090. The number of carboxylic acid groups (broad SMARTS) is 1. The summed E-state index contributed by atoms with van der Waals surface area (Å²) in [5.74, 6) is -0.474. The summed E-state index contributed by atoms with van der Waals surface area (Å²) < 4.78 is 5.35. The molecule has 29 heavy (non-hydrogen) atoms. The molecule has 1 aliphatic rings. The Morgan fingerprint density at radius 2 is 1.90 bits per heavy atom. The summed E-state index contributed by atoms with van der Waals surface area (Å²) in [6.45, 7) is 4.17. The van der Waals surface area contributed by atoms with Crippen molar-refractivity contribution in [3.63, 3.8) is 0 Å². The lowest BCUT2D eigenvalue weighted by Crippen LogP contribution is -2.40. The molecule has 2 heterocycles. The highest BCUT2D eigenvalue weighted by Crippen LogP contribution is 2.30. The Morgan fingerprint density at radius 1 is 1.14 bits per heavy atom. The number of amides is 1. The number of hydrogen-bond donors (Lipinski definition) is 2. The van der Waals surface area contributed by atoms with E-state index in [2.05, 4.69) is 10.3 Å². The monoisotopic (exact) mass is 391 g/mol. The van der Waals surface area contributed by atoms with Gasteiger partial charge in [-0.15, -0.1) is 0 Å². The van der Waals surface area contributed by atoms with Gasteiger partial charge in [-0.3, -0.25) is 4.79 Å². The number of carboxylic acids is 1. The van der Waals surface area contributed by atoms with E-state index in [-0.39, 0.29) is 11.5 Å². The number of aryl methyl sites for hydroxylation is 1. The Balaban J connectivity index is 1.75. The molecule has 0 bridgehead atoms. The van der Waals surface area contributed by atoms with Gasteiger partial charge in [0.15, 0.2) is 0 Å². The number of carbonyl (C=O) groups excluding carboxylic acids is 1. The molecule has 7 nitrogen and oxygen atoms in total. The van der Waals surface area contributed by atoms with Crippen LogP contribution < -0.4 is 5.32 Å². The standard InChI is InChI=1S/C22H21N3O4/c1-14-4-2-7-17-19(14)18(21(26)25-8-10-29-11-9-25)13-23-20(17)24-16-6-3-5-15(12-16)22(27)28/h2-7,12-13H,8-11H2,1H3,(H,23,24)(H,27,28). The number of carbonyl (C=O) groups is 2. The van der Waals surface area contributed by atoms with E-state index in [1.54, 1.807) is 29.3 Å². The van der Waals surface area contributed by atoms with Crippen molar-refractivity contribution in [2.45, 2.75) is 6.92 Å². The van der Waals surface area contributed by atoms with E-state index in [1.165, 1.54) is 6.07 Å². The molecule has 0 aliphatic carbocycles. The van der Waals surface area contributed by atoms with Gasteiger partial charge in [-0.1, -0.05) is 24.3 Å². The van der Waals surface area contributed by atoms with Crippen LogP contribution in [0.2, 0.25) is 0 Å². The molecule has 0 radical (unpaired) electrons. The summed E-state index contributed by atoms with van der Waals surface area (Å²) in [5.41, 5.74) is 2.34. The maximum Gasteiger partial charge on any atom is 0.335 e. The van der Waals surface area contributed by atoms with Gasteiger partial charge in [0, 0.05) is 35.7 Å². The molecule has 2 N–H and O–H groups in total. The minimum atomic E-state index is -0.992. The van der Waals surface area contributed by atoms with Crippen LogP contribution in [0.1, 0.15) is 26.3 Å². The molecule has 1 fully saturated rings. The smallest absolute Gasteiger partial charge is 0.335 e. The van der Waals surface area contributed by atoms with E-state index < -0.39 is 5.97 Å². The number of nitrogens with one attached hydrogen (secondary N) is 1. The van der Waals surface area contributed by atoms with E-state index in [9.17, 15) is 14.7 Å². The first kappa shape index (κ1) is 18.9. The van der Waals surface area contributed by atoms with Crippen LogP contribution in [-0.2, 0) is 4.74 Å². The number of fused-ring (bicyclic) bond motifs is 1.